The van der Waals surface area contributed by atoms with Crippen molar-refractivity contribution < 1.29 is 13.9 Å². The number of thiophene rings is 1. The van der Waals surface area contributed by atoms with Gasteiger partial charge in [0.05, 0.1) is 10.9 Å². The SMILES string of the molecule is CC(C)(C)C(COc1ccccc1F)NC(=O)Cn1c(-c2cccs2)n[nH]c1=S. The molecule has 0 aliphatic heterocycles. The van der Waals surface area contributed by atoms with Crippen molar-refractivity contribution >= 4 is 29.5 Å². The minimum Gasteiger partial charge on any atom is -0.488 e. The second-order valence-electron chi connectivity index (χ2n) is 7.64. The number of halogens is 1. The average molecular weight is 435 g/mol. The lowest BCUT2D eigenvalue weighted by molar-refractivity contribution is -0.123. The van der Waals surface area contributed by atoms with Crippen LogP contribution in [0.25, 0.3) is 10.7 Å². The number of nitrogens with zero attached hydrogens (tertiary/aromatic N) is 2. The first kappa shape index (κ1) is 21.2. The summed E-state index contributed by atoms with van der Waals surface area (Å²) < 4.78 is 21.5. The number of benzene rings is 1. The lowest BCUT2D eigenvalue weighted by Gasteiger charge is -2.31. The zero-order chi connectivity index (χ0) is 21.0. The number of aromatic amines is 1. The van der Waals surface area contributed by atoms with Gasteiger partial charge in [-0.3, -0.25) is 14.5 Å². The molecule has 154 valence electrons. The fraction of sp³-hybridized carbons (Fsp3) is 0.350. The molecule has 0 bridgehead atoms. The summed E-state index contributed by atoms with van der Waals surface area (Å²) in [5.41, 5.74) is -0.296. The zero-order valence-corrected chi connectivity index (χ0v) is 18.1. The summed E-state index contributed by atoms with van der Waals surface area (Å²) in [6.45, 7) is 6.13. The molecule has 3 aromatic rings. The van der Waals surface area contributed by atoms with E-state index in [2.05, 4.69) is 15.5 Å². The van der Waals surface area contributed by atoms with Gasteiger partial charge in [-0.15, -0.1) is 11.3 Å². The van der Waals surface area contributed by atoms with Crippen molar-refractivity contribution in [3.05, 3.63) is 52.4 Å². The summed E-state index contributed by atoms with van der Waals surface area (Å²) in [5, 5.41) is 11.9. The number of nitrogens with one attached hydrogen (secondary N) is 2. The van der Waals surface area contributed by atoms with Gasteiger partial charge in [-0.1, -0.05) is 39.0 Å². The molecule has 0 aliphatic rings. The van der Waals surface area contributed by atoms with Crippen LogP contribution < -0.4 is 10.1 Å². The van der Waals surface area contributed by atoms with Crippen LogP contribution in [0.3, 0.4) is 0 Å². The number of H-pyrrole nitrogens is 1. The van der Waals surface area contributed by atoms with E-state index in [9.17, 15) is 9.18 Å². The highest BCUT2D eigenvalue weighted by molar-refractivity contribution is 7.71. The van der Waals surface area contributed by atoms with Crippen LogP contribution in [0.2, 0.25) is 0 Å². The monoisotopic (exact) mass is 434 g/mol. The number of carbonyl (C=O) groups excluding carboxylic acids is 1. The summed E-state index contributed by atoms with van der Waals surface area (Å²) in [4.78, 5) is 13.7. The molecular weight excluding hydrogens is 411 g/mol. The lowest BCUT2D eigenvalue weighted by Crippen LogP contribution is -2.48. The van der Waals surface area contributed by atoms with E-state index in [-0.39, 0.29) is 36.3 Å². The van der Waals surface area contributed by atoms with E-state index in [4.69, 9.17) is 17.0 Å². The summed E-state index contributed by atoms with van der Waals surface area (Å²) in [6, 6.07) is 9.71. The smallest absolute Gasteiger partial charge is 0.240 e. The summed E-state index contributed by atoms with van der Waals surface area (Å²) in [5.74, 6) is 0.122. The Bertz CT molecular complexity index is 1020. The summed E-state index contributed by atoms with van der Waals surface area (Å²) in [6.07, 6.45) is 0. The second-order valence-corrected chi connectivity index (χ2v) is 8.98. The third kappa shape index (κ3) is 5.30. The molecule has 1 aromatic carbocycles. The van der Waals surface area contributed by atoms with Crippen LogP contribution in [0.1, 0.15) is 20.8 Å². The molecule has 0 spiro atoms. The van der Waals surface area contributed by atoms with Crippen LogP contribution >= 0.6 is 23.6 Å². The maximum absolute atomic E-state index is 13.8. The first-order chi connectivity index (χ1) is 13.8. The van der Waals surface area contributed by atoms with Gasteiger partial charge in [0, 0.05) is 0 Å². The van der Waals surface area contributed by atoms with Crippen molar-refractivity contribution in [1.29, 1.82) is 0 Å². The molecule has 1 atom stereocenters. The van der Waals surface area contributed by atoms with Gasteiger partial charge in [-0.2, -0.15) is 5.10 Å². The van der Waals surface area contributed by atoms with E-state index in [1.807, 2.05) is 38.3 Å². The Morgan fingerprint density at radius 1 is 1.34 bits per heavy atom. The Balaban J connectivity index is 1.71. The predicted molar refractivity (Wildman–Crippen MR) is 114 cm³/mol. The number of hydrogen-bond acceptors (Lipinski definition) is 5. The largest absolute Gasteiger partial charge is 0.488 e. The van der Waals surface area contributed by atoms with Crippen LogP contribution in [0.5, 0.6) is 5.75 Å². The van der Waals surface area contributed by atoms with Gasteiger partial charge in [0.1, 0.15) is 13.2 Å². The van der Waals surface area contributed by atoms with Crippen LogP contribution in [0, 0.1) is 16.0 Å². The number of carbonyl (C=O) groups is 1. The van der Waals surface area contributed by atoms with E-state index in [1.54, 1.807) is 22.8 Å². The Labute approximate surface area is 177 Å². The fourth-order valence-electron chi connectivity index (χ4n) is 2.68. The van der Waals surface area contributed by atoms with Crippen molar-refractivity contribution in [2.24, 2.45) is 5.41 Å². The van der Waals surface area contributed by atoms with Gasteiger partial charge in [-0.25, -0.2) is 4.39 Å². The van der Waals surface area contributed by atoms with Crippen LogP contribution in [-0.4, -0.2) is 33.3 Å². The summed E-state index contributed by atoms with van der Waals surface area (Å²) >= 11 is 6.80. The third-order valence-electron chi connectivity index (χ3n) is 4.42. The number of ether oxygens (including phenoxy) is 1. The number of aromatic nitrogens is 3. The van der Waals surface area contributed by atoms with Gasteiger partial charge in [-0.05, 0) is 41.2 Å². The van der Waals surface area contributed by atoms with Crippen LogP contribution in [0.15, 0.2) is 41.8 Å². The van der Waals surface area contributed by atoms with Crippen molar-refractivity contribution in [2.75, 3.05) is 6.61 Å². The molecule has 29 heavy (non-hydrogen) atoms. The first-order valence-electron chi connectivity index (χ1n) is 9.11. The topological polar surface area (TPSA) is 71.9 Å². The van der Waals surface area contributed by atoms with E-state index in [1.165, 1.54) is 17.4 Å². The Morgan fingerprint density at radius 3 is 2.76 bits per heavy atom. The van der Waals surface area contributed by atoms with Gasteiger partial charge in [0.25, 0.3) is 0 Å². The van der Waals surface area contributed by atoms with Gasteiger partial charge < -0.3 is 10.1 Å². The molecule has 2 N–H and O–H groups in total. The molecule has 3 rings (SSSR count). The maximum atomic E-state index is 13.8. The third-order valence-corrected chi connectivity index (χ3v) is 5.60. The molecule has 2 aromatic heterocycles. The number of para-hydroxylation sites is 1. The Morgan fingerprint density at radius 2 is 2.10 bits per heavy atom. The Hall–Kier alpha value is -2.52. The second kappa shape index (κ2) is 8.87. The van der Waals surface area contributed by atoms with Gasteiger partial charge in [0.15, 0.2) is 22.2 Å². The van der Waals surface area contributed by atoms with Crippen molar-refractivity contribution in [3.63, 3.8) is 0 Å². The van der Waals surface area contributed by atoms with E-state index in [0.717, 1.165) is 4.88 Å². The molecule has 9 heteroatoms. The molecule has 2 heterocycles. The highest BCUT2D eigenvalue weighted by atomic mass is 32.1. The molecule has 0 saturated carbocycles. The quantitative estimate of drug-likeness (QED) is 0.540. The molecule has 0 saturated heterocycles. The van der Waals surface area contributed by atoms with Crippen molar-refractivity contribution in [1.82, 2.24) is 20.1 Å². The number of rotatable bonds is 7. The lowest BCUT2D eigenvalue weighted by atomic mass is 9.87. The van der Waals surface area contributed by atoms with E-state index >= 15 is 0 Å². The molecule has 1 unspecified atom stereocenters. The molecule has 0 radical (unpaired) electrons. The summed E-state index contributed by atoms with van der Waals surface area (Å²) in [7, 11) is 0. The highest BCUT2D eigenvalue weighted by Gasteiger charge is 2.28. The molecule has 1 amide bonds. The van der Waals surface area contributed by atoms with Crippen LogP contribution in [-0.2, 0) is 11.3 Å². The molecular formula is C20H23FN4O2S2. The van der Waals surface area contributed by atoms with E-state index in [0.29, 0.717) is 10.6 Å². The molecule has 0 aliphatic carbocycles. The van der Waals surface area contributed by atoms with Gasteiger partial charge in [0.2, 0.25) is 5.91 Å². The minimum atomic E-state index is -0.434. The zero-order valence-electron chi connectivity index (χ0n) is 16.4. The number of amides is 1. The normalized spacial score (nSPS) is 12.6. The predicted octanol–water partition coefficient (Wildman–Crippen LogP) is 4.42. The minimum absolute atomic E-state index is 0.0227. The van der Waals surface area contributed by atoms with Gasteiger partial charge >= 0.3 is 0 Å². The van der Waals surface area contributed by atoms with Crippen LogP contribution in [0.4, 0.5) is 4.39 Å². The average Bonchev–Trinajstić information content (AvgIpc) is 3.29. The fourth-order valence-corrected chi connectivity index (χ4v) is 3.60. The van der Waals surface area contributed by atoms with E-state index < -0.39 is 5.82 Å². The van der Waals surface area contributed by atoms with Crippen molar-refractivity contribution in [3.8, 4) is 16.5 Å². The number of hydrogen-bond donors (Lipinski definition) is 2. The van der Waals surface area contributed by atoms with Crippen molar-refractivity contribution in [2.45, 2.75) is 33.4 Å². The highest BCUT2D eigenvalue weighted by Crippen LogP contribution is 2.24. The molecule has 0 fully saturated rings. The maximum Gasteiger partial charge on any atom is 0.240 e. The Kier molecular flexibility index (Phi) is 6.49. The first-order valence-corrected chi connectivity index (χ1v) is 10.4. The molecule has 6 nitrogen and oxygen atoms in total. The standard InChI is InChI=1S/C20H23FN4O2S2/c1-20(2,3)16(12-27-14-8-5-4-7-13(14)21)22-17(26)11-25-18(23-24-19(25)28)15-9-6-10-29-15/h4-10,16H,11-12H2,1-3H3,(H,22,26)(H,24,28).